The summed E-state index contributed by atoms with van der Waals surface area (Å²) in [5.74, 6) is 0. The van der Waals surface area contributed by atoms with Crippen molar-refractivity contribution in [3.8, 4) is 0 Å². The summed E-state index contributed by atoms with van der Waals surface area (Å²) >= 11 is 0. The summed E-state index contributed by atoms with van der Waals surface area (Å²) in [5, 5.41) is 0. The fourth-order valence-electron chi connectivity index (χ4n) is 2.03. The second-order valence-corrected chi connectivity index (χ2v) is 4.15. The molecule has 2 atom stereocenters. The lowest BCUT2D eigenvalue weighted by Gasteiger charge is -2.24. The zero-order valence-electron chi connectivity index (χ0n) is 8.63. The lowest BCUT2D eigenvalue weighted by Crippen LogP contribution is -2.36. The van der Waals surface area contributed by atoms with Gasteiger partial charge in [-0.3, -0.25) is 4.90 Å². The van der Waals surface area contributed by atoms with Crippen LogP contribution in [0.15, 0.2) is 18.7 Å². The Kier molecular flexibility index (Phi) is 2.84. The normalized spacial score (nSPS) is 25.4. The highest BCUT2D eigenvalue weighted by Gasteiger charge is 2.23. The van der Waals surface area contributed by atoms with Crippen LogP contribution in [0.2, 0.25) is 0 Å². The van der Waals surface area contributed by atoms with Crippen molar-refractivity contribution in [1.29, 1.82) is 0 Å². The van der Waals surface area contributed by atoms with E-state index >= 15 is 0 Å². The van der Waals surface area contributed by atoms with E-state index in [4.69, 9.17) is 5.73 Å². The van der Waals surface area contributed by atoms with Gasteiger partial charge < -0.3 is 10.3 Å². The average Bonchev–Trinajstić information content (AvgIpc) is 2.75. The Balaban J connectivity index is 1.87. The van der Waals surface area contributed by atoms with E-state index in [1.165, 1.54) is 0 Å². The van der Waals surface area contributed by atoms with Gasteiger partial charge in [0, 0.05) is 44.1 Å². The van der Waals surface area contributed by atoms with Gasteiger partial charge in [-0.15, -0.1) is 0 Å². The summed E-state index contributed by atoms with van der Waals surface area (Å²) in [4.78, 5) is 6.49. The summed E-state index contributed by atoms with van der Waals surface area (Å²) in [7, 11) is 0. The predicted octanol–water partition coefficient (Wildman–Crippen LogP) is 0.305. The number of imidazole rings is 1. The summed E-state index contributed by atoms with van der Waals surface area (Å²) in [6.07, 6.45) is 6.83. The Morgan fingerprint density at radius 1 is 1.64 bits per heavy atom. The Hall–Kier alpha value is -0.870. The molecule has 1 fully saturated rings. The number of nitrogens with zero attached hydrogens (tertiary/aromatic N) is 3. The number of nitrogens with two attached hydrogens (primary N) is 1. The summed E-state index contributed by atoms with van der Waals surface area (Å²) in [5.41, 5.74) is 5.88. The van der Waals surface area contributed by atoms with Crippen LogP contribution in [-0.2, 0) is 6.54 Å². The zero-order chi connectivity index (χ0) is 9.97. The Morgan fingerprint density at radius 3 is 3.07 bits per heavy atom. The van der Waals surface area contributed by atoms with Crippen LogP contribution < -0.4 is 5.73 Å². The van der Waals surface area contributed by atoms with Crippen LogP contribution in [-0.4, -0.2) is 39.6 Å². The molecule has 2 N–H and O–H groups in total. The van der Waals surface area contributed by atoms with E-state index in [1.54, 1.807) is 0 Å². The first-order chi connectivity index (χ1) is 6.75. The van der Waals surface area contributed by atoms with Crippen LogP contribution in [0.25, 0.3) is 0 Å². The van der Waals surface area contributed by atoms with Crippen LogP contribution in [0.1, 0.15) is 13.3 Å². The maximum absolute atomic E-state index is 5.88. The number of aromatic nitrogens is 2. The molecule has 4 nitrogen and oxygen atoms in total. The van der Waals surface area contributed by atoms with E-state index in [0.717, 1.165) is 26.1 Å². The molecule has 0 spiro atoms. The van der Waals surface area contributed by atoms with E-state index in [0.29, 0.717) is 12.1 Å². The summed E-state index contributed by atoms with van der Waals surface area (Å²) in [6.45, 7) is 5.43. The van der Waals surface area contributed by atoms with Gasteiger partial charge in [0.15, 0.2) is 0 Å². The fraction of sp³-hybridized carbons (Fsp3) is 0.700. The van der Waals surface area contributed by atoms with Crippen molar-refractivity contribution in [2.75, 3.05) is 13.1 Å². The van der Waals surface area contributed by atoms with E-state index in [2.05, 4.69) is 21.4 Å². The van der Waals surface area contributed by atoms with Crippen molar-refractivity contribution in [3.05, 3.63) is 18.7 Å². The molecule has 2 unspecified atom stereocenters. The highest BCUT2D eigenvalue weighted by Crippen LogP contribution is 2.12. The standard InChI is InChI=1S/C10H18N4/c1-9(6-13-5-3-12-8-13)14-4-2-10(11)7-14/h3,5,8-10H,2,4,6-7,11H2,1H3. The van der Waals surface area contributed by atoms with Crippen LogP contribution in [0, 0.1) is 0 Å². The first-order valence-electron chi connectivity index (χ1n) is 5.21. The monoisotopic (exact) mass is 194 g/mol. The molecule has 0 bridgehead atoms. The van der Waals surface area contributed by atoms with Crippen molar-refractivity contribution in [2.24, 2.45) is 5.73 Å². The molecule has 14 heavy (non-hydrogen) atoms. The number of hydrogen-bond acceptors (Lipinski definition) is 3. The van der Waals surface area contributed by atoms with Gasteiger partial charge in [-0.1, -0.05) is 0 Å². The van der Waals surface area contributed by atoms with Crippen molar-refractivity contribution < 1.29 is 0 Å². The molecule has 1 saturated heterocycles. The highest BCUT2D eigenvalue weighted by atomic mass is 15.2. The van der Waals surface area contributed by atoms with Gasteiger partial charge in [-0.2, -0.15) is 0 Å². The van der Waals surface area contributed by atoms with Gasteiger partial charge >= 0.3 is 0 Å². The smallest absolute Gasteiger partial charge is 0.0946 e. The van der Waals surface area contributed by atoms with Crippen LogP contribution in [0.4, 0.5) is 0 Å². The third-order valence-corrected chi connectivity index (χ3v) is 2.91. The van der Waals surface area contributed by atoms with Crippen molar-refractivity contribution in [2.45, 2.75) is 32.0 Å². The molecule has 4 heteroatoms. The quantitative estimate of drug-likeness (QED) is 0.753. The van der Waals surface area contributed by atoms with E-state index < -0.39 is 0 Å². The van der Waals surface area contributed by atoms with Gasteiger partial charge in [0.25, 0.3) is 0 Å². The molecule has 0 radical (unpaired) electrons. The number of hydrogen-bond donors (Lipinski definition) is 1. The molecule has 2 heterocycles. The lowest BCUT2D eigenvalue weighted by molar-refractivity contribution is 0.233. The fourth-order valence-corrected chi connectivity index (χ4v) is 2.03. The first kappa shape index (κ1) is 9.68. The van der Waals surface area contributed by atoms with E-state index in [9.17, 15) is 0 Å². The molecule has 2 rings (SSSR count). The third-order valence-electron chi connectivity index (χ3n) is 2.91. The topological polar surface area (TPSA) is 47.1 Å². The van der Waals surface area contributed by atoms with Crippen molar-refractivity contribution in [3.63, 3.8) is 0 Å². The van der Waals surface area contributed by atoms with Gasteiger partial charge in [0.2, 0.25) is 0 Å². The SMILES string of the molecule is CC(Cn1ccnc1)N1CCC(N)C1. The lowest BCUT2D eigenvalue weighted by atomic mass is 10.3. The first-order valence-corrected chi connectivity index (χ1v) is 5.21. The summed E-state index contributed by atoms with van der Waals surface area (Å²) in [6, 6.07) is 0.929. The molecule has 1 aromatic rings. The molecule has 1 aliphatic rings. The van der Waals surface area contributed by atoms with Gasteiger partial charge in [-0.05, 0) is 13.3 Å². The average molecular weight is 194 g/mol. The largest absolute Gasteiger partial charge is 0.336 e. The minimum Gasteiger partial charge on any atom is -0.336 e. The molecule has 1 aromatic heterocycles. The molecular formula is C10H18N4. The van der Waals surface area contributed by atoms with Gasteiger partial charge in [-0.25, -0.2) is 4.98 Å². The van der Waals surface area contributed by atoms with Gasteiger partial charge in [0.05, 0.1) is 6.33 Å². The van der Waals surface area contributed by atoms with Crippen molar-refractivity contribution >= 4 is 0 Å². The maximum Gasteiger partial charge on any atom is 0.0946 e. The zero-order valence-corrected chi connectivity index (χ0v) is 8.63. The Morgan fingerprint density at radius 2 is 2.50 bits per heavy atom. The highest BCUT2D eigenvalue weighted by molar-refractivity contribution is 4.83. The molecule has 0 aliphatic carbocycles. The van der Waals surface area contributed by atoms with Crippen molar-refractivity contribution in [1.82, 2.24) is 14.5 Å². The van der Waals surface area contributed by atoms with E-state index in [-0.39, 0.29) is 0 Å². The molecule has 0 aromatic carbocycles. The summed E-state index contributed by atoms with van der Waals surface area (Å²) < 4.78 is 2.12. The minimum atomic E-state index is 0.375. The van der Waals surface area contributed by atoms with Gasteiger partial charge in [0.1, 0.15) is 0 Å². The molecular weight excluding hydrogens is 176 g/mol. The second kappa shape index (κ2) is 4.11. The Bertz CT molecular complexity index is 270. The maximum atomic E-state index is 5.88. The van der Waals surface area contributed by atoms with Crippen LogP contribution in [0.5, 0.6) is 0 Å². The van der Waals surface area contributed by atoms with Crippen LogP contribution >= 0.6 is 0 Å². The Labute approximate surface area is 84.7 Å². The number of likely N-dealkylation sites (tertiary alicyclic amines) is 1. The molecule has 0 amide bonds. The second-order valence-electron chi connectivity index (χ2n) is 4.15. The third kappa shape index (κ3) is 2.13. The van der Waals surface area contributed by atoms with E-state index in [1.807, 2.05) is 18.7 Å². The molecule has 0 saturated carbocycles. The minimum absolute atomic E-state index is 0.375. The molecule has 78 valence electrons. The molecule has 1 aliphatic heterocycles. The predicted molar refractivity (Wildman–Crippen MR) is 55.9 cm³/mol. The van der Waals surface area contributed by atoms with Crippen LogP contribution in [0.3, 0.4) is 0 Å². The number of rotatable bonds is 3.